The normalized spacial score (nSPS) is 13.8. The number of hydrogen-bond acceptors (Lipinski definition) is 4. The maximum atomic E-state index is 11.5. The Morgan fingerprint density at radius 1 is 1.38 bits per heavy atom. The highest BCUT2D eigenvalue weighted by Gasteiger charge is 2.17. The number of benzene rings is 1. The predicted molar refractivity (Wildman–Crippen MR) is 76.8 cm³/mol. The van der Waals surface area contributed by atoms with Crippen molar-refractivity contribution >= 4 is 11.8 Å². The third-order valence-corrected chi connectivity index (χ3v) is 3.17. The van der Waals surface area contributed by atoms with E-state index in [1.165, 1.54) is 6.08 Å². The van der Waals surface area contributed by atoms with E-state index in [0.29, 0.717) is 12.2 Å². The Labute approximate surface area is 122 Å². The molecule has 0 spiro atoms. The summed E-state index contributed by atoms with van der Waals surface area (Å²) in [5.74, 6) is -0.691. The quantitative estimate of drug-likeness (QED) is 0.529. The van der Waals surface area contributed by atoms with Gasteiger partial charge < -0.3 is 20.5 Å². The summed E-state index contributed by atoms with van der Waals surface area (Å²) < 4.78 is 5.39. The van der Waals surface area contributed by atoms with Crippen molar-refractivity contribution in [2.45, 2.75) is 12.5 Å². The van der Waals surface area contributed by atoms with Gasteiger partial charge in [-0.05, 0) is 23.3 Å². The van der Waals surface area contributed by atoms with E-state index in [-0.39, 0.29) is 13.1 Å². The Morgan fingerprint density at radius 2 is 2.14 bits per heavy atom. The lowest BCUT2D eigenvalue weighted by molar-refractivity contribution is -0.139. The van der Waals surface area contributed by atoms with Gasteiger partial charge in [-0.25, -0.2) is 0 Å². The number of carbonyl (C=O) groups is 2. The Balaban J connectivity index is 1.87. The molecule has 1 aliphatic rings. The lowest BCUT2D eigenvalue weighted by Crippen LogP contribution is -2.41. The van der Waals surface area contributed by atoms with Crippen LogP contribution in [0.5, 0.6) is 5.75 Å². The summed E-state index contributed by atoms with van der Waals surface area (Å²) in [7, 11) is 0. The Bertz CT molecular complexity index is 557. The summed E-state index contributed by atoms with van der Waals surface area (Å²) in [6, 6.07) is 5.41. The minimum atomic E-state index is -0.868. The number of amides is 2. The maximum Gasteiger partial charge on any atom is 0.309 e. The largest absolute Gasteiger partial charge is 0.493 e. The van der Waals surface area contributed by atoms with Gasteiger partial charge in [-0.2, -0.15) is 0 Å². The lowest BCUT2D eigenvalue weighted by Gasteiger charge is -2.13. The molecule has 3 N–H and O–H groups in total. The van der Waals surface area contributed by atoms with Crippen LogP contribution in [0, 0.1) is 0 Å². The van der Waals surface area contributed by atoms with Crippen molar-refractivity contribution in [3.63, 3.8) is 0 Å². The van der Waals surface area contributed by atoms with Crippen molar-refractivity contribution in [3.05, 3.63) is 42.0 Å². The second kappa shape index (κ2) is 6.90. The molecule has 6 heteroatoms. The number of aliphatic hydroxyl groups excluding tert-OH is 1. The van der Waals surface area contributed by atoms with E-state index in [4.69, 9.17) is 4.74 Å². The van der Waals surface area contributed by atoms with Crippen molar-refractivity contribution in [2.24, 2.45) is 0 Å². The molecule has 0 fully saturated rings. The number of ether oxygens (including phenoxy) is 1. The monoisotopic (exact) mass is 290 g/mol. The average Bonchev–Trinajstić information content (AvgIpc) is 2.97. The van der Waals surface area contributed by atoms with Crippen LogP contribution in [0.1, 0.15) is 17.2 Å². The van der Waals surface area contributed by atoms with Gasteiger partial charge in [-0.3, -0.25) is 9.59 Å². The van der Waals surface area contributed by atoms with E-state index in [1.807, 2.05) is 6.07 Å². The molecule has 0 bridgehead atoms. The van der Waals surface area contributed by atoms with Gasteiger partial charge in [0.2, 0.25) is 0 Å². The summed E-state index contributed by atoms with van der Waals surface area (Å²) in [6.45, 7) is 4.28. The molecule has 112 valence electrons. The molecule has 1 atom stereocenters. The van der Waals surface area contributed by atoms with Gasteiger partial charge in [0.25, 0.3) is 0 Å². The second-order valence-corrected chi connectivity index (χ2v) is 4.69. The number of carbonyl (C=O) groups excluding carboxylic acids is 2. The van der Waals surface area contributed by atoms with Gasteiger partial charge >= 0.3 is 11.8 Å². The van der Waals surface area contributed by atoms with Crippen LogP contribution < -0.4 is 15.4 Å². The van der Waals surface area contributed by atoms with E-state index < -0.39 is 17.9 Å². The van der Waals surface area contributed by atoms with Crippen molar-refractivity contribution in [1.82, 2.24) is 10.6 Å². The summed E-state index contributed by atoms with van der Waals surface area (Å²) in [4.78, 5) is 22.8. The number of hydrogen-bond donors (Lipinski definition) is 3. The highest BCUT2D eigenvalue weighted by atomic mass is 16.5. The summed E-state index contributed by atoms with van der Waals surface area (Å²) in [5.41, 5.74) is 1.73. The molecule has 1 aromatic carbocycles. The molecule has 1 aromatic rings. The topological polar surface area (TPSA) is 87.7 Å². The SMILES string of the molecule is C=CCNC(=O)C(=O)NCC(O)c1ccc2c(c1)CCO2. The first kappa shape index (κ1) is 15.1. The zero-order valence-corrected chi connectivity index (χ0v) is 11.6. The molecule has 1 heterocycles. The van der Waals surface area contributed by atoms with Crippen LogP contribution in [0.3, 0.4) is 0 Å². The van der Waals surface area contributed by atoms with Gasteiger partial charge in [0.15, 0.2) is 0 Å². The first-order chi connectivity index (χ1) is 10.1. The smallest absolute Gasteiger partial charge is 0.309 e. The Hall–Kier alpha value is -2.34. The third-order valence-electron chi connectivity index (χ3n) is 3.17. The van der Waals surface area contributed by atoms with E-state index >= 15 is 0 Å². The highest BCUT2D eigenvalue weighted by molar-refractivity contribution is 6.35. The molecule has 0 radical (unpaired) electrons. The van der Waals surface area contributed by atoms with E-state index in [9.17, 15) is 14.7 Å². The molecule has 0 aliphatic carbocycles. The average molecular weight is 290 g/mol. The van der Waals surface area contributed by atoms with Crippen LogP contribution in [0.25, 0.3) is 0 Å². The molecule has 0 saturated carbocycles. The molecule has 0 saturated heterocycles. The number of aliphatic hydroxyl groups is 1. The van der Waals surface area contributed by atoms with E-state index in [2.05, 4.69) is 17.2 Å². The number of fused-ring (bicyclic) bond motifs is 1. The van der Waals surface area contributed by atoms with Crippen LogP contribution in [-0.4, -0.2) is 36.6 Å². The second-order valence-electron chi connectivity index (χ2n) is 4.69. The van der Waals surface area contributed by atoms with Gasteiger partial charge in [0.1, 0.15) is 5.75 Å². The fourth-order valence-electron chi connectivity index (χ4n) is 2.05. The Morgan fingerprint density at radius 3 is 2.90 bits per heavy atom. The molecule has 1 unspecified atom stereocenters. The molecule has 21 heavy (non-hydrogen) atoms. The third kappa shape index (κ3) is 3.82. The fraction of sp³-hybridized carbons (Fsp3) is 0.333. The van der Waals surface area contributed by atoms with Crippen LogP contribution >= 0.6 is 0 Å². The molecule has 0 aromatic heterocycles. The number of rotatable bonds is 5. The van der Waals surface area contributed by atoms with Crippen LogP contribution in [0.2, 0.25) is 0 Å². The van der Waals surface area contributed by atoms with Crippen LogP contribution in [-0.2, 0) is 16.0 Å². The minimum Gasteiger partial charge on any atom is -0.493 e. The van der Waals surface area contributed by atoms with Crippen molar-refractivity contribution in [2.75, 3.05) is 19.7 Å². The van der Waals surface area contributed by atoms with Gasteiger partial charge in [-0.15, -0.1) is 6.58 Å². The Kier molecular flexibility index (Phi) is 4.94. The van der Waals surface area contributed by atoms with Crippen LogP contribution in [0.15, 0.2) is 30.9 Å². The fourth-order valence-corrected chi connectivity index (χ4v) is 2.05. The van der Waals surface area contributed by atoms with E-state index in [0.717, 1.165) is 17.7 Å². The van der Waals surface area contributed by atoms with Crippen molar-refractivity contribution < 1.29 is 19.4 Å². The number of nitrogens with one attached hydrogen (secondary N) is 2. The summed E-state index contributed by atoms with van der Waals surface area (Å²) in [6.07, 6.45) is 1.42. The molecule has 6 nitrogen and oxygen atoms in total. The highest BCUT2D eigenvalue weighted by Crippen LogP contribution is 2.27. The molecular weight excluding hydrogens is 272 g/mol. The lowest BCUT2D eigenvalue weighted by atomic mass is 10.0. The van der Waals surface area contributed by atoms with Gasteiger partial charge in [0.05, 0.1) is 12.7 Å². The van der Waals surface area contributed by atoms with Gasteiger partial charge in [-0.1, -0.05) is 12.1 Å². The zero-order valence-electron chi connectivity index (χ0n) is 11.6. The van der Waals surface area contributed by atoms with Crippen molar-refractivity contribution in [1.29, 1.82) is 0 Å². The first-order valence-corrected chi connectivity index (χ1v) is 6.72. The molecule has 2 amide bonds. The summed E-state index contributed by atoms with van der Waals surface area (Å²) >= 11 is 0. The first-order valence-electron chi connectivity index (χ1n) is 6.72. The van der Waals surface area contributed by atoms with Crippen molar-refractivity contribution in [3.8, 4) is 5.75 Å². The maximum absolute atomic E-state index is 11.5. The summed E-state index contributed by atoms with van der Waals surface area (Å²) in [5, 5.41) is 14.8. The molecular formula is C15H18N2O4. The van der Waals surface area contributed by atoms with E-state index in [1.54, 1.807) is 12.1 Å². The molecule has 1 aliphatic heterocycles. The molecule has 2 rings (SSSR count). The van der Waals surface area contributed by atoms with Gasteiger partial charge in [0, 0.05) is 19.5 Å². The standard InChI is InChI=1S/C15H18N2O4/c1-2-6-16-14(19)15(20)17-9-12(18)10-3-4-13-11(8-10)5-7-21-13/h2-4,8,12,18H,1,5-7,9H2,(H,16,19)(H,17,20). The predicted octanol–water partition coefficient (Wildman–Crippen LogP) is 0.0733. The van der Waals surface area contributed by atoms with Crippen LogP contribution in [0.4, 0.5) is 0 Å². The zero-order chi connectivity index (χ0) is 15.2. The minimum absolute atomic E-state index is 0.0278.